The van der Waals surface area contributed by atoms with Gasteiger partial charge in [-0.2, -0.15) is 0 Å². The number of nitro groups is 1. The fourth-order valence-electron chi connectivity index (χ4n) is 2.05. The van der Waals surface area contributed by atoms with E-state index in [1.54, 1.807) is 13.2 Å². The van der Waals surface area contributed by atoms with E-state index in [9.17, 15) is 10.1 Å². The monoisotopic (exact) mass is 266 g/mol. The number of benzene rings is 1. The zero-order valence-corrected chi connectivity index (χ0v) is 10.8. The van der Waals surface area contributed by atoms with Crippen molar-refractivity contribution in [2.75, 3.05) is 30.6 Å². The Morgan fingerprint density at radius 3 is 2.79 bits per heavy atom. The number of nitro benzene ring substituents is 1. The maximum Gasteiger partial charge on any atom is 0.273 e. The van der Waals surface area contributed by atoms with Crippen LogP contribution in [0.1, 0.15) is 12.8 Å². The Bertz CT molecular complexity index is 462. The second-order valence-electron chi connectivity index (χ2n) is 4.56. The fourth-order valence-corrected chi connectivity index (χ4v) is 2.05. The molecule has 7 nitrogen and oxygen atoms in total. The molecule has 3 N–H and O–H groups in total. The molecular weight excluding hydrogens is 248 g/mol. The van der Waals surface area contributed by atoms with Gasteiger partial charge in [0.15, 0.2) is 0 Å². The number of nitrogen functional groups attached to an aromatic ring is 1. The minimum Gasteiger partial charge on any atom is -0.383 e. The van der Waals surface area contributed by atoms with Gasteiger partial charge in [-0.25, -0.2) is 0 Å². The van der Waals surface area contributed by atoms with Gasteiger partial charge < -0.3 is 15.1 Å². The maximum atomic E-state index is 10.9. The van der Waals surface area contributed by atoms with Crippen LogP contribution in [0.15, 0.2) is 18.2 Å². The van der Waals surface area contributed by atoms with E-state index in [4.69, 9.17) is 10.6 Å². The van der Waals surface area contributed by atoms with Crippen molar-refractivity contribution in [3.63, 3.8) is 0 Å². The normalized spacial score (nSPS) is 14.2. The minimum atomic E-state index is -0.411. The largest absolute Gasteiger partial charge is 0.383 e. The molecule has 0 spiro atoms. The third-order valence-electron chi connectivity index (χ3n) is 3.14. The summed E-state index contributed by atoms with van der Waals surface area (Å²) in [5.41, 5.74) is 3.85. The van der Waals surface area contributed by atoms with Crippen molar-refractivity contribution in [2.24, 2.45) is 5.84 Å². The number of nitrogens with two attached hydrogens (primary N) is 1. The zero-order chi connectivity index (χ0) is 13.8. The van der Waals surface area contributed by atoms with Crippen molar-refractivity contribution in [1.29, 1.82) is 0 Å². The summed E-state index contributed by atoms with van der Waals surface area (Å²) < 4.78 is 5.09. The van der Waals surface area contributed by atoms with Gasteiger partial charge in [0.2, 0.25) is 0 Å². The zero-order valence-electron chi connectivity index (χ0n) is 10.8. The Kier molecular flexibility index (Phi) is 4.18. The second-order valence-corrected chi connectivity index (χ2v) is 4.56. The van der Waals surface area contributed by atoms with E-state index in [1.807, 2.05) is 6.07 Å². The van der Waals surface area contributed by atoms with Crippen LogP contribution in [0.3, 0.4) is 0 Å². The van der Waals surface area contributed by atoms with Crippen molar-refractivity contribution in [2.45, 2.75) is 18.9 Å². The van der Waals surface area contributed by atoms with Gasteiger partial charge in [0.25, 0.3) is 5.69 Å². The third-order valence-corrected chi connectivity index (χ3v) is 3.14. The topological polar surface area (TPSA) is 93.7 Å². The molecule has 1 aliphatic rings. The molecule has 0 amide bonds. The van der Waals surface area contributed by atoms with E-state index in [2.05, 4.69) is 10.3 Å². The standard InChI is InChI=1S/C12H18N4O3/c1-19-5-4-15(10-2-3-10)11-6-9(14-13)7-12(8-11)16(17)18/h6-8,10,14H,2-5,13H2,1H3. The SMILES string of the molecule is COCCN(c1cc(NN)cc([N+](=O)[O-])c1)C1CC1. The Labute approximate surface area is 111 Å². The number of non-ortho nitro benzene ring substituents is 1. The summed E-state index contributed by atoms with van der Waals surface area (Å²) >= 11 is 0. The van der Waals surface area contributed by atoms with Crippen molar-refractivity contribution >= 4 is 17.1 Å². The number of hydrazine groups is 1. The first kappa shape index (κ1) is 13.6. The van der Waals surface area contributed by atoms with Gasteiger partial charge in [-0.3, -0.25) is 16.0 Å². The Hall–Kier alpha value is -1.86. The number of nitrogens with zero attached hydrogens (tertiary/aromatic N) is 2. The highest BCUT2D eigenvalue weighted by Crippen LogP contribution is 2.34. The van der Waals surface area contributed by atoms with Crippen LogP contribution in [0.4, 0.5) is 17.1 Å². The Balaban J connectivity index is 2.29. The Morgan fingerprint density at radius 2 is 2.26 bits per heavy atom. The quantitative estimate of drug-likeness (QED) is 0.441. The molecule has 0 saturated heterocycles. The van der Waals surface area contributed by atoms with Crippen LogP contribution in [0.5, 0.6) is 0 Å². The highest BCUT2D eigenvalue weighted by molar-refractivity contribution is 5.65. The summed E-state index contributed by atoms with van der Waals surface area (Å²) in [6.45, 7) is 1.30. The van der Waals surface area contributed by atoms with E-state index >= 15 is 0 Å². The minimum absolute atomic E-state index is 0.0357. The van der Waals surface area contributed by atoms with Crippen molar-refractivity contribution < 1.29 is 9.66 Å². The third kappa shape index (κ3) is 3.33. The first-order chi connectivity index (χ1) is 9.15. The summed E-state index contributed by atoms with van der Waals surface area (Å²) in [7, 11) is 1.64. The van der Waals surface area contributed by atoms with E-state index < -0.39 is 4.92 Å². The molecular formula is C12H18N4O3. The molecule has 104 valence electrons. The highest BCUT2D eigenvalue weighted by Gasteiger charge is 2.30. The second kappa shape index (κ2) is 5.85. The van der Waals surface area contributed by atoms with E-state index in [1.165, 1.54) is 6.07 Å². The molecule has 1 aromatic rings. The maximum absolute atomic E-state index is 10.9. The van der Waals surface area contributed by atoms with Gasteiger partial charge in [-0.1, -0.05) is 0 Å². The van der Waals surface area contributed by atoms with Crippen molar-refractivity contribution in [1.82, 2.24) is 0 Å². The summed E-state index contributed by atoms with van der Waals surface area (Å²) in [5.74, 6) is 5.36. The molecule has 0 heterocycles. The summed E-state index contributed by atoms with van der Waals surface area (Å²) in [5, 5.41) is 10.9. The predicted octanol–water partition coefficient (Wildman–Crippen LogP) is 1.50. The molecule has 0 atom stereocenters. The lowest BCUT2D eigenvalue weighted by Gasteiger charge is -2.24. The molecule has 1 fully saturated rings. The van der Waals surface area contributed by atoms with Crippen molar-refractivity contribution in [3.8, 4) is 0 Å². The van der Waals surface area contributed by atoms with Crippen LogP contribution in [0.25, 0.3) is 0 Å². The number of rotatable bonds is 7. The average Bonchev–Trinajstić information content (AvgIpc) is 3.23. The molecule has 2 rings (SSSR count). The van der Waals surface area contributed by atoms with Gasteiger partial charge in [-0.05, 0) is 18.9 Å². The van der Waals surface area contributed by atoms with E-state index in [-0.39, 0.29) is 5.69 Å². The highest BCUT2D eigenvalue weighted by atomic mass is 16.6. The molecule has 1 aromatic carbocycles. The molecule has 0 aliphatic heterocycles. The molecule has 1 aliphatic carbocycles. The lowest BCUT2D eigenvalue weighted by molar-refractivity contribution is -0.384. The number of methoxy groups -OCH3 is 1. The number of hydrogen-bond acceptors (Lipinski definition) is 6. The van der Waals surface area contributed by atoms with Gasteiger partial charge in [0, 0.05) is 37.5 Å². The fraction of sp³-hybridized carbons (Fsp3) is 0.500. The molecule has 0 radical (unpaired) electrons. The summed E-state index contributed by atoms with van der Waals surface area (Å²) in [6, 6.07) is 5.27. The van der Waals surface area contributed by atoms with Crippen LogP contribution in [-0.2, 0) is 4.74 Å². The Morgan fingerprint density at radius 1 is 1.53 bits per heavy atom. The van der Waals surface area contributed by atoms with E-state index in [0.29, 0.717) is 24.9 Å². The van der Waals surface area contributed by atoms with Crippen molar-refractivity contribution in [3.05, 3.63) is 28.3 Å². The smallest absolute Gasteiger partial charge is 0.273 e. The molecule has 0 bridgehead atoms. The average molecular weight is 266 g/mol. The summed E-state index contributed by atoms with van der Waals surface area (Å²) in [4.78, 5) is 12.7. The van der Waals surface area contributed by atoms with Gasteiger partial charge in [0.05, 0.1) is 17.2 Å². The predicted molar refractivity (Wildman–Crippen MR) is 73.2 cm³/mol. The van der Waals surface area contributed by atoms with E-state index in [0.717, 1.165) is 18.5 Å². The van der Waals surface area contributed by atoms with Crippen LogP contribution in [0.2, 0.25) is 0 Å². The van der Waals surface area contributed by atoms with Crippen LogP contribution in [0, 0.1) is 10.1 Å². The lowest BCUT2D eigenvalue weighted by Crippen LogP contribution is -2.29. The molecule has 0 aromatic heterocycles. The number of anilines is 2. The first-order valence-electron chi connectivity index (χ1n) is 6.17. The molecule has 0 unspecified atom stereocenters. The molecule has 7 heteroatoms. The van der Waals surface area contributed by atoms with Gasteiger partial charge in [0.1, 0.15) is 0 Å². The first-order valence-corrected chi connectivity index (χ1v) is 6.17. The van der Waals surface area contributed by atoms with Crippen LogP contribution < -0.4 is 16.2 Å². The molecule has 1 saturated carbocycles. The lowest BCUT2D eigenvalue weighted by atomic mass is 10.2. The van der Waals surface area contributed by atoms with Gasteiger partial charge in [-0.15, -0.1) is 0 Å². The number of hydrogen-bond donors (Lipinski definition) is 2. The number of nitrogens with one attached hydrogen (secondary N) is 1. The van der Waals surface area contributed by atoms with Gasteiger partial charge >= 0.3 is 0 Å². The van der Waals surface area contributed by atoms with Crippen LogP contribution in [-0.4, -0.2) is 31.2 Å². The molecule has 19 heavy (non-hydrogen) atoms. The summed E-state index contributed by atoms with van der Waals surface area (Å²) in [6.07, 6.45) is 2.22. The number of ether oxygens (including phenoxy) is 1. The van der Waals surface area contributed by atoms with Crippen LogP contribution >= 0.6 is 0 Å².